The van der Waals surface area contributed by atoms with Gasteiger partial charge in [0.15, 0.2) is 0 Å². The number of carbonyl (C=O) groups excluding carboxylic acids is 1. The van der Waals surface area contributed by atoms with Crippen LogP contribution in [0.25, 0.3) is 10.9 Å². The van der Waals surface area contributed by atoms with Crippen LogP contribution in [0.2, 0.25) is 0 Å². The third-order valence-electron chi connectivity index (χ3n) is 7.64. The molecule has 9 heteroatoms. The highest BCUT2D eigenvalue weighted by Crippen LogP contribution is 2.37. The number of hydrogen-bond donors (Lipinski definition) is 3. The summed E-state index contributed by atoms with van der Waals surface area (Å²) in [4.78, 5) is 13.7. The van der Waals surface area contributed by atoms with Crippen LogP contribution in [0.3, 0.4) is 0 Å². The largest absolute Gasteiger partial charge is 0.389 e. The van der Waals surface area contributed by atoms with Crippen molar-refractivity contribution in [3.8, 4) is 0 Å². The number of aliphatic hydroxyl groups is 1. The van der Waals surface area contributed by atoms with Gasteiger partial charge in [-0.05, 0) is 67.6 Å². The van der Waals surface area contributed by atoms with E-state index >= 15 is 0 Å². The topological polar surface area (TPSA) is 104 Å². The summed E-state index contributed by atoms with van der Waals surface area (Å²) >= 11 is 0. The first kappa shape index (κ1) is 27.7. The number of anilines is 2. The molecule has 1 amide bonds. The summed E-state index contributed by atoms with van der Waals surface area (Å²) in [5.74, 6) is -0.351. The van der Waals surface area contributed by atoms with Crippen LogP contribution in [0.5, 0.6) is 0 Å². The second-order valence-corrected chi connectivity index (χ2v) is 12.6. The molecule has 0 aliphatic carbocycles. The third-order valence-corrected chi connectivity index (χ3v) is 9.39. The maximum atomic E-state index is 13.7. The molecule has 8 nitrogen and oxygen atoms in total. The molecule has 3 aromatic carbocycles. The minimum absolute atomic E-state index is 0.0157. The summed E-state index contributed by atoms with van der Waals surface area (Å²) in [6.45, 7) is 4.97. The Kier molecular flexibility index (Phi) is 7.87. The Labute approximate surface area is 235 Å². The van der Waals surface area contributed by atoms with E-state index in [9.17, 15) is 18.3 Å². The van der Waals surface area contributed by atoms with Crippen LogP contribution in [-0.4, -0.2) is 55.5 Å². The first-order valence-electron chi connectivity index (χ1n) is 13.6. The number of hydrogen-bond acceptors (Lipinski definition) is 5. The Bertz CT molecular complexity index is 1630. The van der Waals surface area contributed by atoms with Crippen molar-refractivity contribution in [2.24, 2.45) is 0 Å². The van der Waals surface area contributed by atoms with E-state index in [1.54, 1.807) is 13.1 Å². The van der Waals surface area contributed by atoms with Crippen molar-refractivity contribution in [1.82, 2.24) is 9.88 Å². The summed E-state index contributed by atoms with van der Waals surface area (Å²) in [5.41, 5.74) is 5.63. The molecule has 0 spiro atoms. The summed E-state index contributed by atoms with van der Waals surface area (Å²) in [7, 11) is -1.97. The zero-order valence-electron chi connectivity index (χ0n) is 23.1. The van der Waals surface area contributed by atoms with Crippen LogP contribution in [0.15, 0.2) is 72.9 Å². The molecule has 40 heavy (non-hydrogen) atoms. The molecule has 3 N–H and O–H groups in total. The number of sulfonamides is 1. The first-order valence-corrected chi connectivity index (χ1v) is 15.2. The zero-order valence-corrected chi connectivity index (χ0v) is 23.9. The predicted molar refractivity (Wildman–Crippen MR) is 161 cm³/mol. The summed E-state index contributed by atoms with van der Waals surface area (Å²) < 4.78 is 29.2. The van der Waals surface area contributed by atoms with Gasteiger partial charge in [-0.3, -0.25) is 9.10 Å². The number of amides is 1. The van der Waals surface area contributed by atoms with Crippen LogP contribution in [0.1, 0.15) is 34.0 Å². The van der Waals surface area contributed by atoms with Gasteiger partial charge < -0.3 is 20.3 Å². The number of carbonyl (C=O) groups is 1. The van der Waals surface area contributed by atoms with Gasteiger partial charge in [-0.15, -0.1) is 0 Å². The number of aliphatic hydroxyl groups excluding tert-OH is 1. The average molecular weight is 561 g/mol. The van der Waals surface area contributed by atoms with E-state index in [0.29, 0.717) is 30.6 Å². The number of aromatic nitrogens is 1. The molecule has 4 aromatic rings. The molecule has 5 rings (SSSR count). The molecule has 2 atom stereocenters. The second kappa shape index (κ2) is 11.3. The van der Waals surface area contributed by atoms with Gasteiger partial charge in [0.05, 0.1) is 29.1 Å². The first-order chi connectivity index (χ1) is 19.2. The lowest BCUT2D eigenvalue weighted by atomic mass is 9.99. The average Bonchev–Trinajstić information content (AvgIpc) is 3.27. The Morgan fingerprint density at radius 2 is 1.85 bits per heavy atom. The molecule has 1 aromatic heterocycles. The lowest BCUT2D eigenvalue weighted by Crippen LogP contribution is -2.47. The second-order valence-electron chi connectivity index (χ2n) is 10.5. The van der Waals surface area contributed by atoms with Crippen molar-refractivity contribution in [3.05, 3.63) is 95.2 Å². The van der Waals surface area contributed by atoms with E-state index in [4.69, 9.17) is 0 Å². The Balaban J connectivity index is 1.46. The standard InChI is InChI=1S/C31H36N4O4S/c1-4-35-20-23-13-14-40(38,39)34(3)27-17-24(18-28(35)30(23)27)31(37)33-26(16-22-10-6-5-7-11-22)29(36)19-32-25-12-8-9-21(2)15-25/h5-12,15,17-18,20,26,29,32,36H,4,13-14,16,19H2,1-3H3,(H,33,37)/t26-,29+/m0/s1. The van der Waals surface area contributed by atoms with Gasteiger partial charge in [0.25, 0.3) is 5.91 Å². The highest BCUT2D eigenvalue weighted by Gasteiger charge is 2.29. The van der Waals surface area contributed by atoms with E-state index in [2.05, 4.69) is 15.2 Å². The highest BCUT2D eigenvalue weighted by atomic mass is 32.2. The molecule has 210 valence electrons. The number of nitrogens with one attached hydrogen (secondary N) is 2. The van der Waals surface area contributed by atoms with Crippen molar-refractivity contribution >= 4 is 38.2 Å². The van der Waals surface area contributed by atoms with Gasteiger partial charge >= 0.3 is 0 Å². The minimum atomic E-state index is -3.51. The summed E-state index contributed by atoms with van der Waals surface area (Å²) in [6, 6.07) is 20.5. The predicted octanol–water partition coefficient (Wildman–Crippen LogP) is 4.11. The molecule has 0 bridgehead atoms. The molecular weight excluding hydrogens is 524 g/mol. The highest BCUT2D eigenvalue weighted by molar-refractivity contribution is 7.92. The monoisotopic (exact) mass is 560 g/mol. The van der Waals surface area contributed by atoms with Crippen molar-refractivity contribution in [2.75, 3.05) is 29.0 Å². The van der Waals surface area contributed by atoms with Gasteiger partial charge in [0, 0.05) is 43.0 Å². The van der Waals surface area contributed by atoms with E-state index in [-0.39, 0.29) is 18.2 Å². The van der Waals surface area contributed by atoms with E-state index in [1.807, 2.05) is 80.7 Å². The van der Waals surface area contributed by atoms with E-state index < -0.39 is 22.2 Å². The molecule has 1 aliphatic rings. The maximum Gasteiger partial charge on any atom is 0.251 e. The number of aryl methyl sites for hydroxylation is 3. The number of nitrogens with zero attached hydrogens (tertiary/aromatic N) is 2. The van der Waals surface area contributed by atoms with Crippen LogP contribution >= 0.6 is 0 Å². The van der Waals surface area contributed by atoms with Crippen LogP contribution in [0.4, 0.5) is 11.4 Å². The van der Waals surface area contributed by atoms with Gasteiger partial charge in [-0.1, -0.05) is 42.5 Å². The normalized spacial score (nSPS) is 15.8. The molecule has 1 aliphatic heterocycles. The summed E-state index contributed by atoms with van der Waals surface area (Å²) in [6.07, 6.45) is 1.96. The lowest BCUT2D eigenvalue weighted by molar-refractivity contribution is 0.0851. The number of rotatable bonds is 9. The Morgan fingerprint density at radius 1 is 1.07 bits per heavy atom. The Hall–Kier alpha value is -3.82. The van der Waals surface area contributed by atoms with Crippen molar-refractivity contribution in [1.29, 1.82) is 0 Å². The van der Waals surface area contributed by atoms with Crippen molar-refractivity contribution < 1.29 is 18.3 Å². The minimum Gasteiger partial charge on any atom is -0.389 e. The van der Waals surface area contributed by atoms with Gasteiger partial charge in [-0.25, -0.2) is 8.42 Å². The smallest absolute Gasteiger partial charge is 0.251 e. The van der Waals surface area contributed by atoms with Crippen molar-refractivity contribution in [3.63, 3.8) is 0 Å². The van der Waals surface area contributed by atoms with E-state index in [1.165, 1.54) is 4.31 Å². The SMILES string of the molecule is CCn1cc2c3c(cc(C(=O)N[C@@H](Cc4ccccc4)[C@H](O)CNc4cccc(C)c4)cc31)N(C)S(=O)(=O)CC2. The molecule has 0 unspecified atom stereocenters. The fourth-order valence-corrected chi connectivity index (χ4v) is 6.56. The molecular formula is C31H36N4O4S. The van der Waals surface area contributed by atoms with Crippen LogP contribution < -0.4 is 14.9 Å². The van der Waals surface area contributed by atoms with Gasteiger partial charge in [-0.2, -0.15) is 0 Å². The quantitative estimate of drug-likeness (QED) is 0.286. The lowest BCUT2D eigenvalue weighted by Gasteiger charge is -2.26. The molecule has 0 fully saturated rings. The molecule has 0 saturated heterocycles. The maximum absolute atomic E-state index is 13.7. The number of benzene rings is 3. The molecule has 0 radical (unpaired) electrons. The zero-order chi connectivity index (χ0) is 28.4. The summed E-state index contributed by atoms with van der Waals surface area (Å²) in [5, 5.41) is 18.4. The van der Waals surface area contributed by atoms with Crippen LogP contribution in [0, 0.1) is 6.92 Å². The van der Waals surface area contributed by atoms with E-state index in [0.717, 1.165) is 33.3 Å². The fraction of sp³-hybridized carbons (Fsp3) is 0.323. The van der Waals surface area contributed by atoms with Gasteiger partial charge in [0.2, 0.25) is 10.0 Å². The van der Waals surface area contributed by atoms with Crippen molar-refractivity contribution in [2.45, 2.75) is 45.4 Å². The molecule has 2 heterocycles. The third kappa shape index (κ3) is 5.71. The van der Waals surface area contributed by atoms with Crippen LogP contribution in [-0.2, 0) is 29.4 Å². The molecule has 0 saturated carbocycles. The Morgan fingerprint density at radius 3 is 2.58 bits per heavy atom. The van der Waals surface area contributed by atoms with Gasteiger partial charge in [0.1, 0.15) is 0 Å². The fourth-order valence-electron chi connectivity index (χ4n) is 5.37.